The number of nitrogens with two attached hydrogens (primary N) is 1. The third-order valence-electron chi connectivity index (χ3n) is 7.51. The Morgan fingerprint density at radius 2 is 1.18 bits per heavy atom. The lowest BCUT2D eigenvalue weighted by Crippen LogP contribution is -2.39. The van der Waals surface area contributed by atoms with E-state index in [2.05, 4.69) is 43.6 Å². The number of allylic oxidation sites excluding steroid dienone is 2. The van der Waals surface area contributed by atoms with Gasteiger partial charge in [-0.2, -0.15) is 0 Å². The highest BCUT2D eigenvalue weighted by molar-refractivity contribution is 7.91. The van der Waals surface area contributed by atoms with Crippen molar-refractivity contribution in [3.05, 3.63) is 48.1 Å². The summed E-state index contributed by atoms with van der Waals surface area (Å²) in [5.41, 5.74) is 7.97. The van der Waals surface area contributed by atoms with Crippen molar-refractivity contribution in [2.24, 2.45) is 5.73 Å². The van der Waals surface area contributed by atoms with Gasteiger partial charge < -0.3 is 15.2 Å². The summed E-state index contributed by atoms with van der Waals surface area (Å²) in [6.07, 6.45) is 4.88. The van der Waals surface area contributed by atoms with Crippen molar-refractivity contribution in [1.29, 1.82) is 0 Å². The summed E-state index contributed by atoms with van der Waals surface area (Å²) in [5, 5.41) is 15.8. The number of ether oxygens (including phenoxy) is 2. The third kappa shape index (κ3) is 19.5. The van der Waals surface area contributed by atoms with Crippen LogP contribution in [0.1, 0.15) is 38.1 Å². The molecule has 0 radical (unpaired) electrons. The maximum Gasteiger partial charge on any atom is 0.247 e. The minimum atomic E-state index is -2.86. The van der Waals surface area contributed by atoms with E-state index in [1.54, 1.807) is 23.2 Å². The van der Waals surface area contributed by atoms with E-state index in [0.29, 0.717) is 109 Å². The van der Waals surface area contributed by atoms with Gasteiger partial charge in [0.1, 0.15) is 0 Å². The number of hydrogen-bond acceptors (Lipinski definition) is 15. The predicted molar refractivity (Wildman–Crippen MR) is 193 cm³/mol. The van der Waals surface area contributed by atoms with Crippen LogP contribution in [0.5, 0.6) is 0 Å². The molecule has 0 spiro atoms. The molecule has 4 rings (SSSR count). The Kier molecular flexibility index (Phi) is 19.9. The Labute approximate surface area is 306 Å². The van der Waals surface area contributed by atoms with Crippen LogP contribution >= 0.6 is 11.6 Å². The molecule has 4 heterocycles. The first-order valence-corrected chi connectivity index (χ1v) is 20.6. The molecule has 0 saturated carbocycles. The summed E-state index contributed by atoms with van der Waals surface area (Å²) >= 11 is 4.87. The van der Waals surface area contributed by atoms with Gasteiger partial charge in [-0.15, -0.1) is 10.2 Å². The van der Waals surface area contributed by atoms with Crippen LogP contribution in [-0.2, 0) is 64.9 Å². The topological polar surface area (TPSA) is 215 Å². The van der Waals surface area contributed by atoms with Gasteiger partial charge in [0, 0.05) is 76.8 Å². The maximum atomic E-state index is 11.4. The molecule has 20 heteroatoms. The van der Waals surface area contributed by atoms with Crippen molar-refractivity contribution < 1.29 is 35.9 Å². The molecule has 2 aliphatic rings. The molecule has 2 aliphatic heterocycles. The van der Waals surface area contributed by atoms with Gasteiger partial charge in [-0.3, -0.25) is 19.4 Å². The standard InChI is InChI=1S/C16H26N4O4S.C11H21N5O3S.C4H5ClO/c1-14(2)16(21)4-3-8-24-9-5-20-13-15(17-18-20)12-19-6-10-25(22,23)11-7-19;12-1-5-19-6-2-16-10-11(13-14-16)9-15-3-7-20(17,18)8-4-15;1-3(2)4(5)6/h13H,1,3-12H2,2H3;10H,1-9,12H2;1H2,2H3. The van der Waals surface area contributed by atoms with E-state index in [1.807, 2.05) is 12.4 Å². The van der Waals surface area contributed by atoms with Crippen molar-refractivity contribution in [2.75, 3.05) is 82.2 Å². The first-order chi connectivity index (χ1) is 24.1. The second-order valence-corrected chi connectivity index (χ2v) is 17.1. The fourth-order valence-electron chi connectivity index (χ4n) is 4.47. The Hall–Kier alpha value is -2.91. The molecule has 0 bridgehead atoms. The highest BCUT2D eigenvalue weighted by Crippen LogP contribution is 2.09. The molecule has 0 aliphatic carbocycles. The molecule has 0 atom stereocenters. The second kappa shape index (κ2) is 22.9. The van der Waals surface area contributed by atoms with E-state index in [0.717, 1.165) is 11.4 Å². The number of sulfone groups is 2. The minimum Gasteiger partial charge on any atom is -0.380 e. The van der Waals surface area contributed by atoms with Gasteiger partial charge in [0.05, 0.1) is 67.3 Å². The fraction of sp³-hybridized carbons (Fsp3) is 0.677. The molecule has 17 nitrogen and oxygen atoms in total. The molecule has 2 fully saturated rings. The molecule has 2 N–H and O–H groups in total. The van der Waals surface area contributed by atoms with Gasteiger partial charge in [0.15, 0.2) is 25.5 Å². The molecule has 2 aromatic rings. The summed E-state index contributed by atoms with van der Waals surface area (Å²) in [6.45, 7) is 17.5. The summed E-state index contributed by atoms with van der Waals surface area (Å²) in [5.74, 6) is 0.962. The van der Waals surface area contributed by atoms with Crippen molar-refractivity contribution in [3.8, 4) is 0 Å². The molecule has 0 aromatic carbocycles. The van der Waals surface area contributed by atoms with E-state index in [1.165, 1.54) is 0 Å². The van der Waals surface area contributed by atoms with Crippen LogP contribution < -0.4 is 5.73 Å². The zero-order valence-electron chi connectivity index (χ0n) is 29.6. The SMILES string of the molecule is C=C(C)C(=O)CCCOCCn1cc(CN2CCS(=O)(=O)CC2)nn1.C=C(C)C(=O)Cl.NCCOCCn1cc(CN2CCS(=O)(=O)CC2)nn1. The molecule has 288 valence electrons. The summed E-state index contributed by atoms with van der Waals surface area (Å²) in [6, 6.07) is 0. The Morgan fingerprint density at radius 1 is 0.765 bits per heavy atom. The van der Waals surface area contributed by atoms with Crippen LogP contribution in [0.15, 0.2) is 36.7 Å². The third-order valence-corrected chi connectivity index (χ3v) is 11.1. The quantitative estimate of drug-likeness (QED) is 0.122. The lowest BCUT2D eigenvalue weighted by molar-refractivity contribution is -0.115. The number of nitrogens with zero attached hydrogens (tertiary/aromatic N) is 8. The highest BCUT2D eigenvalue weighted by atomic mass is 35.5. The van der Waals surface area contributed by atoms with Crippen molar-refractivity contribution in [2.45, 2.75) is 52.9 Å². The number of aromatic nitrogens is 6. The Morgan fingerprint density at radius 3 is 1.55 bits per heavy atom. The zero-order chi connectivity index (χ0) is 37.9. The summed E-state index contributed by atoms with van der Waals surface area (Å²) in [7, 11) is -5.69. The van der Waals surface area contributed by atoms with E-state index >= 15 is 0 Å². The number of rotatable bonds is 18. The number of carbonyl (C=O) groups is 2. The van der Waals surface area contributed by atoms with Crippen LogP contribution in [0.4, 0.5) is 0 Å². The van der Waals surface area contributed by atoms with Gasteiger partial charge >= 0.3 is 0 Å². The van der Waals surface area contributed by atoms with E-state index in [-0.39, 0.29) is 28.8 Å². The molecular weight excluding hydrogens is 726 g/mol. The van der Waals surface area contributed by atoms with Gasteiger partial charge in [-0.1, -0.05) is 23.6 Å². The fourth-order valence-corrected chi connectivity index (χ4v) is 7.02. The van der Waals surface area contributed by atoms with Gasteiger partial charge in [0.25, 0.3) is 0 Å². The smallest absolute Gasteiger partial charge is 0.247 e. The van der Waals surface area contributed by atoms with Crippen LogP contribution in [-0.4, -0.2) is 150 Å². The zero-order valence-corrected chi connectivity index (χ0v) is 32.0. The predicted octanol–water partition coefficient (Wildman–Crippen LogP) is 0.262. The van der Waals surface area contributed by atoms with Crippen LogP contribution in [0, 0.1) is 0 Å². The van der Waals surface area contributed by atoms with Crippen LogP contribution in [0.2, 0.25) is 0 Å². The van der Waals surface area contributed by atoms with Crippen molar-refractivity contribution in [3.63, 3.8) is 0 Å². The number of carbonyl (C=O) groups excluding carboxylic acids is 2. The second-order valence-electron chi connectivity index (χ2n) is 12.2. The Bertz CT molecular complexity index is 1590. The van der Waals surface area contributed by atoms with Crippen molar-refractivity contribution >= 4 is 42.3 Å². The van der Waals surface area contributed by atoms with E-state index in [9.17, 15) is 26.4 Å². The van der Waals surface area contributed by atoms with Crippen LogP contribution in [0.25, 0.3) is 0 Å². The molecular formula is C31H52ClN9O8S2. The van der Waals surface area contributed by atoms with E-state index < -0.39 is 24.9 Å². The van der Waals surface area contributed by atoms with Gasteiger partial charge in [-0.25, -0.2) is 26.2 Å². The number of halogens is 1. The molecule has 0 amide bonds. The van der Waals surface area contributed by atoms with Crippen LogP contribution in [0.3, 0.4) is 0 Å². The number of ketones is 1. The molecule has 2 aromatic heterocycles. The average Bonchev–Trinajstić information content (AvgIpc) is 3.72. The molecule has 51 heavy (non-hydrogen) atoms. The lowest BCUT2D eigenvalue weighted by Gasteiger charge is -2.25. The maximum absolute atomic E-state index is 11.4. The normalized spacial score (nSPS) is 17.0. The van der Waals surface area contributed by atoms with Gasteiger partial charge in [-0.05, 0) is 37.4 Å². The molecule has 0 unspecified atom stereocenters. The van der Waals surface area contributed by atoms with Gasteiger partial charge in [0.2, 0.25) is 5.24 Å². The highest BCUT2D eigenvalue weighted by Gasteiger charge is 2.23. The molecule has 2 saturated heterocycles. The average molecular weight is 778 g/mol. The van der Waals surface area contributed by atoms with E-state index in [4.69, 9.17) is 26.8 Å². The first kappa shape index (κ1) is 44.3. The minimum absolute atomic E-state index is 0.0787. The summed E-state index contributed by atoms with van der Waals surface area (Å²) < 4.78 is 59.8. The first-order valence-electron chi connectivity index (χ1n) is 16.6. The number of Topliss-reactive ketones (excluding diaryl/α,β-unsaturated/α-hetero) is 1. The number of hydrogen-bond donors (Lipinski definition) is 1. The van der Waals surface area contributed by atoms with Crippen molar-refractivity contribution in [1.82, 2.24) is 39.8 Å². The lowest BCUT2D eigenvalue weighted by atomic mass is 10.1. The largest absolute Gasteiger partial charge is 0.380 e. The Balaban J connectivity index is 0.000000310. The summed E-state index contributed by atoms with van der Waals surface area (Å²) in [4.78, 5) is 25.4. The monoisotopic (exact) mass is 777 g/mol.